The highest BCUT2D eigenvalue weighted by Gasteiger charge is 2.07. The molecule has 8 heteroatoms. The predicted octanol–water partition coefficient (Wildman–Crippen LogP) is 7.64. The maximum absolute atomic E-state index is 10.8. The van der Waals surface area contributed by atoms with E-state index in [-0.39, 0.29) is 11.4 Å². The molecule has 0 heterocycles. The fourth-order valence-corrected chi connectivity index (χ4v) is 4.98. The highest BCUT2D eigenvalue weighted by molar-refractivity contribution is 8.76. The van der Waals surface area contributed by atoms with Crippen LogP contribution in [0.2, 0.25) is 0 Å². The smallest absolute Gasteiger partial charge is 0.258 e. The number of nitrogens with zero attached hydrogens (tertiary/aromatic N) is 2. The first-order valence-corrected chi connectivity index (χ1v) is 11.7. The lowest BCUT2D eigenvalue weighted by Gasteiger charge is -2.06. The van der Waals surface area contributed by atoms with E-state index in [9.17, 15) is 20.2 Å². The molecule has 0 radical (unpaired) electrons. The molecule has 158 valence electrons. The molecule has 0 fully saturated rings. The molecule has 4 aromatic rings. The van der Waals surface area contributed by atoms with Crippen LogP contribution in [0, 0.1) is 20.2 Å². The maximum atomic E-state index is 10.8. The molecular formula is C24H16N2O4S2. The van der Waals surface area contributed by atoms with Crippen molar-refractivity contribution in [2.75, 3.05) is 0 Å². The lowest BCUT2D eigenvalue weighted by molar-refractivity contribution is -0.385. The zero-order valence-electron chi connectivity index (χ0n) is 16.6. The molecule has 0 aliphatic heterocycles. The summed E-state index contributed by atoms with van der Waals surface area (Å²) in [6.07, 6.45) is 0. The van der Waals surface area contributed by atoms with Gasteiger partial charge in [0.2, 0.25) is 0 Å². The molecule has 4 aromatic carbocycles. The van der Waals surface area contributed by atoms with Crippen molar-refractivity contribution in [3.05, 3.63) is 117 Å². The highest BCUT2D eigenvalue weighted by Crippen LogP contribution is 2.38. The first-order valence-electron chi connectivity index (χ1n) is 9.54. The summed E-state index contributed by atoms with van der Waals surface area (Å²) in [5.41, 5.74) is 4.03. The Morgan fingerprint density at radius 3 is 0.938 bits per heavy atom. The maximum Gasteiger partial charge on any atom is 0.269 e. The number of non-ortho nitro benzene ring substituents is 2. The minimum Gasteiger partial charge on any atom is -0.258 e. The van der Waals surface area contributed by atoms with Gasteiger partial charge in [-0.15, -0.1) is 0 Å². The number of hydrogen-bond donors (Lipinski definition) is 0. The van der Waals surface area contributed by atoms with E-state index in [4.69, 9.17) is 0 Å². The SMILES string of the molecule is O=[N+]([O-])c1ccc(-c2ccc(SSc3ccc(-c4ccc([N+](=O)[O-])cc4)cc3)cc2)cc1. The Morgan fingerprint density at radius 1 is 0.438 bits per heavy atom. The molecule has 0 unspecified atom stereocenters. The van der Waals surface area contributed by atoms with Gasteiger partial charge >= 0.3 is 0 Å². The van der Waals surface area contributed by atoms with Crippen LogP contribution in [0.3, 0.4) is 0 Å². The summed E-state index contributed by atoms with van der Waals surface area (Å²) in [6.45, 7) is 0. The van der Waals surface area contributed by atoms with E-state index in [1.807, 2.05) is 48.5 Å². The third kappa shape index (κ3) is 5.16. The van der Waals surface area contributed by atoms with Crippen molar-refractivity contribution in [3.8, 4) is 22.3 Å². The Morgan fingerprint density at radius 2 is 0.688 bits per heavy atom. The third-order valence-electron chi connectivity index (χ3n) is 4.77. The lowest BCUT2D eigenvalue weighted by Crippen LogP contribution is -1.87. The largest absolute Gasteiger partial charge is 0.269 e. The van der Waals surface area contributed by atoms with E-state index >= 15 is 0 Å². The van der Waals surface area contributed by atoms with Gasteiger partial charge in [-0.2, -0.15) is 0 Å². The minimum absolute atomic E-state index is 0.0805. The molecule has 0 spiro atoms. The van der Waals surface area contributed by atoms with Crippen LogP contribution in [0.15, 0.2) is 107 Å². The molecule has 0 aromatic heterocycles. The van der Waals surface area contributed by atoms with Gasteiger partial charge in [-0.1, -0.05) is 45.9 Å². The van der Waals surface area contributed by atoms with E-state index < -0.39 is 9.85 Å². The molecule has 0 saturated carbocycles. The summed E-state index contributed by atoms with van der Waals surface area (Å²) >= 11 is 0. The molecule has 0 amide bonds. The van der Waals surface area contributed by atoms with Gasteiger partial charge < -0.3 is 0 Å². The third-order valence-corrected chi connectivity index (χ3v) is 7.18. The molecule has 6 nitrogen and oxygen atoms in total. The highest BCUT2D eigenvalue weighted by atomic mass is 33.1. The van der Waals surface area contributed by atoms with E-state index in [2.05, 4.69) is 0 Å². The standard InChI is InChI=1S/C24H16N2O4S2/c27-25(28)21-9-1-17(2-10-21)19-5-13-23(14-6-19)31-32-24-15-7-20(8-16-24)18-3-11-22(12-4-18)26(29)30/h1-16H. The number of nitro benzene ring substituents is 2. The zero-order valence-corrected chi connectivity index (χ0v) is 18.2. The van der Waals surface area contributed by atoms with Gasteiger partial charge in [0.1, 0.15) is 0 Å². The second-order valence-electron chi connectivity index (χ2n) is 6.82. The first kappa shape index (κ1) is 21.6. The number of benzene rings is 4. The first-order chi connectivity index (χ1) is 15.5. The molecule has 0 N–H and O–H groups in total. The summed E-state index contributed by atoms with van der Waals surface area (Å²) in [5, 5.41) is 21.6. The summed E-state index contributed by atoms with van der Waals surface area (Å²) < 4.78 is 0. The summed E-state index contributed by atoms with van der Waals surface area (Å²) in [4.78, 5) is 23.0. The number of rotatable bonds is 7. The van der Waals surface area contributed by atoms with E-state index in [1.165, 1.54) is 24.3 Å². The normalized spacial score (nSPS) is 10.6. The van der Waals surface area contributed by atoms with Crippen LogP contribution < -0.4 is 0 Å². The quantitative estimate of drug-likeness (QED) is 0.160. The summed E-state index contributed by atoms with van der Waals surface area (Å²) in [5.74, 6) is 0. The Kier molecular flexibility index (Phi) is 6.53. The van der Waals surface area contributed by atoms with Crippen molar-refractivity contribution >= 4 is 33.0 Å². The van der Waals surface area contributed by atoms with Gasteiger partial charge in [0.15, 0.2) is 0 Å². The Balaban J connectivity index is 1.37. The molecule has 0 saturated heterocycles. The second kappa shape index (κ2) is 9.67. The molecule has 0 bridgehead atoms. The van der Waals surface area contributed by atoms with Crippen molar-refractivity contribution in [3.63, 3.8) is 0 Å². The average molecular weight is 461 g/mol. The van der Waals surface area contributed by atoms with Crippen LogP contribution in [-0.4, -0.2) is 9.85 Å². The van der Waals surface area contributed by atoms with Crippen molar-refractivity contribution in [1.29, 1.82) is 0 Å². The fourth-order valence-electron chi connectivity index (χ4n) is 3.05. The lowest BCUT2D eigenvalue weighted by atomic mass is 10.1. The molecular weight excluding hydrogens is 444 g/mol. The molecule has 0 atom stereocenters. The van der Waals surface area contributed by atoms with Crippen LogP contribution in [0.4, 0.5) is 11.4 Å². The molecule has 0 aliphatic rings. The van der Waals surface area contributed by atoms with Crippen molar-refractivity contribution in [2.24, 2.45) is 0 Å². The topological polar surface area (TPSA) is 86.3 Å². The van der Waals surface area contributed by atoms with Crippen LogP contribution in [0.1, 0.15) is 0 Å². The molecule has 4 rings (SSSR count). The van der Waals surface area contributed by atoms with Gasteiger partial charge in [0, 0.05) is 34.1 Å². The van der Waals surface area contributed by atoms with Gasteiger partial charge in [0.25, 0.3) is 11.4 Å². The molecule has 0 aliphatic carbocycles. The minimum atomic E-state index is -0.404. The van der Waals surface area contributed by atoms with Crippen molar-refractivity contribution in [2.45, 2.75) is 9.79 Å². The summed E-state index contributed by atoms with van der Waals surface area (Å²) in [7, 11) is 3.29. The van der Waals surface area contributed by atoms with Gasteiger partial charge in [-0.05, 0) is 70.8 Å². The van der Waals surface area contributed by atoms with E-state index in [0.717, 1.165) is 32.0 Å². The van der Waals surface area contributed by atoms with Crippen LogP contribution in [-0.2, 0) is 0 Å². The van der Waals surface area contributed by atoms with Gasteiger partial charge in [0.05, 0.1) is 9.85 Å². The van der Waals surface area contributed by atoms with Crippen LogP contribution >= 0.6 is 21.6 Å². The fraction of sp³-hybridized carbons (Fsp3) is 0. The van der Waals surface area contributed by atoms with Crippen molar-refractivity contribution in [1.82, 2.24) is 0 Å². The Labute approximate surface area is 192 Å². The van der Waals surface area contributed by atoms with Crippen LogP contribution in [0.25, 0.3) is 22.3 Å². The van der Waals surface area contributed by atoms with Gasteiger partial charge in [-0.25, -0.2) is 0 Å². The van der Waals surface area contributed by atoms with Crippen molar-refractivity contribution < 1.29 is 9.85 Å². The number of nitro groups is 2. The number of hydrogen-bond acceptors (Lipinski definition) is 6. The predicted molar refractivity (Wildman–Crippen MR) is 129 cm³/mol. The molecule has 32 heavy (non-hydrogen) atoms. The van der Waals surface area contributed by atoms with Gasteiger partial charge in [-0.3, -0.25) is 20.2 Å². The average Bonchev–Trinajstić information content (AvgIpc) is 2.83. The monoisotopic (exact) mass is 460 g/mol. The van der Waals surface area contributed by atoms with E-state index in [0.29, 0.717) is 0 Å². The Hall–Kier alpha value is -3.62. The summed E-state index contributed by atoms with van der Waals surface area (Å²) in [6, 6.07) is 29.2. The zero-order chi connectivity index (χ0) is 22.5. The second-order valence-corrected chi connectivity index (χ2v) is 9.10. The van der Waals surface area contributed by atoms with E-state index in [1.54, 1.807) is 45.9 Å². The Bertz CT molecular complexity index is 1140. The van der Waals surface area contributed by atoms with Crippen LogP contribution in [0.5, 0.6) is 0 Å².